The van der Waals surface area contributed by atoms with Crippen LogP contribution in [0.3, 0.4) is 0 Å². The van der Waals surface area contributed by atoms with Gasteiger partial charge in [0, 0.05) is 17.3 Å². The van der Waals surface area contributed by atoms with Crippen LogP contribution in [0.25, 0.3) is 0 Å². The maximum Gasteiger partial charge on any atom is 0.149 e. The third kappa shape index (κ3) is 4.84. The van der Waals surface area contributed by atoms with E-state index in [2.05, 4.69) is 0 Å². The first-order valence-electron chi connectivity index (χ1n) is 4.08. The van der Waals surface area contributed by atoms with Crippen molar-refractivity contribution < 1.29 is 8.42 Å². The van der Waals surface area contributed by atoms with Gasteiger partial charge in [-0.25, -0.2) is 8.42 Å². The van der Waals surface area contributed by atoms with E-state index in [1.165, 1.54) is 0 Å². The largest absolute Gasteiger partial charge is 0.323 e. The second kappa shape index (κ2) is 5.70. The summed E-state index contributed by atoms with van der Waals surface area (Å²) in [5.41, 5.74) is 6.38. The van der Waals surface area contributed by atoms with Crippen LogP contribution in [0.4, 0.5) is 0 Å². The average molecular weight is 270 g/mol. The molecular formula is C9H13Cl2NO2S. The third-order valence-corrected chi connectivity index (χ3v) is 3.10. The van der Waals surface area contributed by atoms with E-state index in [9.17, 15) is 8.42 Å². The molecule has 0 saturated carbocycles. The number of sulfone groups is 1. The highest BCUT2D eigenvalue weighted by Crippen LogP contribution is 2.21. The Kier molecular flexibility index (Phi) is 5.59. The molecule has 0 fully saturated rings. The second-order valence-electron chi connectivity index (χ2n) is 3.22. The number of hydrogen-bond donors (Lipinski definition) is 1. The molecule has 0 aliphatic rings. The van der Waals surface area contributed by atoms with Gasteiger partial charge in [0.1, 0.15) is 9.84 Å². The van der Waals surface area contributed by atoms with Crippen LogP contribution in [0.2, 0.25) is 5.02 Å². The molecule has 0 aliphatic heterocycles. The van der Waals surface area contributed by atoms with Gasteiger partial charge in [0.2, 0.25) is 0 Å². The van der Waals surface area contributed by atoms with Gasteiger partial charge in [0.25, 0.3) is 0 Å². The third-order valence-electron chi connectivity index (χ3n) is 1.79. The Bertz CT molecular complexity index is 420. The highest BCUT2D eigenvalue weighted by molar-refractivity contribution is 7.90. The smallest absolute Gasteiger partial charge is 0.149 e. The Labute approximate surface area is 101 Å². The molecule has 1 atom stereocenters. The fourth-order valence-corrected chi connectivity index (χ4v) is 2.30. The Morgan fingerprint density at radius 2 is 1.93 bits per heavy atom. The van der Waals surface area contributed by atoms with E-state index in [-0.39, 0.29) is 18.2 Å². The molecule has 0 heterocycles. The van der Waals surface area contributed by atoms with Gasteiger partial charge >= 0.3 is 0 Å². The lowest BCUT2D eigenvalue weighted by Crippen LogP contribution is -2.21. The summed E-state index contributed by atoms with van der Waals surface area (Å²) >= 11 is 5.87. The van der Waals surface area contributed by atoms with Crippen LogP contribution in [0.15, 0.2) is 24.3 Å². The topological polar surface area (TPSA) is 60.2 Å². The van der Waals surface area contributed by atoms with Crippen molar-refractivity contribution in [1.29, 1.82) is 0 Å². The van der Waals surface area contributed by atoms with Gasteiger partial charge in [-0.05, 0) is 11.6 Å². The minimum Gasteiger partial charge on any atom is -0.323 e. The Balaban J connectivity index is 0.00000196. The quantitative estimate of drug-likeness (QED) is 0.911. The molecule has 0 amide bonds. The summed E-state index contributed by atoms with van der Waals surface area (Å²) in [4.78, 5) is 0. The standard InChI is InChI=1S/C9H12ClNO2S.ClH/c1-14(12,13)6-9(11)7-4-2-3-5-8(7)10;/h2-5,9H,6,11H2,1H3;1H. The molecule has 0 aromatic heterocycles. The average Bonchev–Trinajstić information content (AvgIpc) is 2.01. The summed E-state index contributed by atoms with van der Waals surface area (Å²) in [7, 11) is -3.07. The first-order valence-corrected chi connectivity index (χ1v) is 6.52. The Morgan fingerprint density at radius 1 is 1.40 bits per heavy atom. The van der Waals surface area contributed by atoms with Crippen molar-refractivity contribution in [2.45, 2.75) is 6.04 Å². The lowest BCUT2D eigenvalue weighted by Gasteiger charge is -2.11. The first-order chi connectivity index (χ1) is 6.40. The van der Waals surface area contributed by atoms with Crippen molar-refractivity contribution in [3.8, 4) is 0 Å². The van der Waals surface area contributed by atoms with E-state index in [1.54, 1.807) is 24.3 Å². The highest BCUT2D eigenvalue weighted by Gasteiger charge is 2.14. The maximum absolute atomic E-state index is 11.0. The molecule has 0 bridgehead atoms. The fourth-order valence-electron chi connectivity index (χ4n) is 1.19. The van der Waals surface area contributed by atoms with E-state index in [0.717, 1.165) is 6.26 Å². The van der Waals surface area contributed by atoms with E-state index in [1.807, 2.05) is 0 Å². The van der Waals surface area contributed by atoms with Crippen LogP contribution in [0.5, 0.6) is 0 Å². The molecule has 86 valence electrons. The minimum atomic E-state index is -3.07. The molecule has 1 rings (SSSR count). The van der Waals surface area contributed by atoms with Gasteiger partial charge in [-0.3, -0.25) is 0 Å². The zero-order valence-corrected chi connectivity index (χ0v) is 10.6. The monoisotopic (exact) mass is 269 g/mol. The van der Waals surface area contributed by atoms with E-state index < -0.39 is 15.9 Å². The van der Waals surface area contributed by atoms with Crippen LogP contribution in [-0.2, 0) is 9.84 Å². The van der Waals surface area contributed by atoms with Gasteiger partial charge in [0.05, 0.1) is 5.75 Å². The van der Waals surface area contributed by atoms with Gasteiger partial charge in [-0.2, -0.15) is 0 Å². The number of benzene rings is 1. The summed E-state index contributed by atoms with van der Waals surface area (Å²) < 4.78 is 22.0. The van der Waals surface area contributed by atoms with E-state index in [0.29, 0.717) is 10.6 Å². The molecule has 15 heavy (non-hydrogen) atoms. The van der Waals surface area contributed by atoms with Gasteiger partial charge in [0.15, 0.2) is 0 Å². The molecule has 3 nitrogen and oxygen atoms in total. The second-order valence-corrected chi connectivity index (χ2v) is 5.81. The minimum absolute atomic E-state index is 0. The zero-order chi connectivity index (χ0) is 10.8. The molecule has 6 heteroatoms. The van der Waals surface area contributed by atoms with Crippen molar-refractivity contribution in [3.63, 3.8) is 0 Å². The van der Waals surface area contributed by atoms with Crippen LogP contribution in [0, 0.1) is 0 Å². The van der Waals surface area contributed by atoms with Crippen LogP contribution in [0.1, 0.15) is 11.6 Å². The highest BCUT2D eigenvalue weighted by atomic mass is 35.5. The summed E-state index contributed by atoms with van der Waals surface area (Å²) in [6.07, 6.45) is 1.16. The fraction of sp³-hybridized carbons (Fsp3) is 0.333. The van der Waals surface area contributed by atoms with Gasteiger partial charge < -0.3 is 5.73 Å². The Morgan fingerprint density at radius 3 is 2.40 bits per heavy atom. The molecule has 1 unspecified atom stereocenters. The summed E-state index contributed by atoms with van der Waals surface area (Å²) in [6.45, 7) is 0. The summed E-state index contributed by atoms with van der Waals surface area (Å²) in [5.74, 6) is -0.0866. The molecule has 0 radical (unpaired) electrons. The summed E-state index contributed by atoms with van der Waals surface area (Å²) in [6, 6.07) is 6.43. The summed E-state index contributed by atoms with van der Waals surface area (Å²) in [5, 5.41) is 0.503. The molecule has 0 spiro atoms. The first kappa shape index (κ1) is 14.7. The molecular weight excluding hydrogens is 257 g/mol. The molecule has 0 aliphatic carbocycles. The SMILES string of the molecule is CS(=O)(=O)CC(N)c1ccccc1Cl.Cl. The zero-order valence-electron chi connectivity index (χ0n) is 8.18. The number of rotatable bonds is 3. The van der Waals surface area contributed by atoms with Crippen LogP contribution in [-0.4, -0.2) is 20.4 Å². The number of hydrogen-bond acceptors (Lipinski definition) is 3. The lowest BCUT2D eigenvalue weighted by molar-refractivity contribution is 0.595. The molecule has 0 saturated heterocycles. The predicted molar refractivity (Wildman–Crippen MR) is 65.3 cm³/mol. The van der Waals surface area contributed by atoms with Crippen molar-refractivity contribution in [3.05, 3.63) is 34.9 Å². The molecule has 1 aromatic rings. The molecule has 2 N–H and O–H groups in total. The maximum atomic E-state index is 11.0. The van der Waals surface area contributed by atoms with E-state index in [4.69, 9.17) is 17.3 Å². The van der Waals surface area contributed by atoms with Crippen molar-refractivity contribution in [2.75, 3.05) is 12.0 Å². The normalized spacial score (nSPS) is 13.0. The van der Waals surface area contributed by atoms with Gasteiger partial charge in [-0.15, -0.1) is 12.4 Å². The van der Waals surface area contributed by atoms with Crippen molar-refractivity contribution >= 4 is 33.8 Å². The number of nitrogens with two attached hydrogens (primary N) is 1. The predicted octanol–water partition coefficient (Wildman–Crippen LogP) is 1.81. The molecule has 1 aromatic carbocycles. The van der Waals surface area contributed by atoms with Gasteiger partial charge in [-0.1, -0.05) is 29.8 Å². The van der Waals surface area contributed by atoms with Crippen LogP contribution < -0.4 is 5.73 Å². The Hall–Kier alpha value is -0.290. The number of halogens is 2. The van der Waals surface area contributed by atoms with Crippen molar-refractivity contribution in [1.82, 2.24) is 0 Å². The lowest BCUT2D eigenvalue weighted by atomic mass is 10.1. The van der Waals surface area contributed by atoms with Crippen LogP contribution >= 0.6 is 24.0 Å². The van der Waals surface area contributed by atoms with E-state index >= 15 is 0 Å². The van der Waals surface area contributed by atoms with Crippen molar-refractivity contribution in [2.24, 2.45) is 5.73 Å².